The number of carbonyl (C=O) groups is 1. The first-order valence-corrected chi connectivity index (χ1v) is 9.30. The number of benzene rings is 2. The molecule has 0 bridgehead atoms. The average molecular weight is 350 g/mol. The maximum atomic E-state index is 12.5. The lowest BCUT2D eigenvalue weighted by Crippen LogP contribution is -2.28. The van der Waals surface area contributed by atoms with E-state index in [2.05, 4.69) is 0 Å². The molecule has 2 aromatic carbocycles. The monoisotopic (exact) mass is 350 g/mol. The smallest absolute Gasteiger partial charge is 0.430 e. The van der Waals surface area contributed by atoms with Gasteiger partial charge in [0.15, 0.2) is 0 Å². The van der Waals surface area contributed by atoms with Gasteiger partial charge in [-0.15, -0.1) is 0 Å². The fraction of sp³-hybridized carbons (Fsp3) is 0.235. The van der Waals surface area contributed by atoms with Crippen LogP contribution in [0.5, 0.6) is 0 Å². The summed E-state index contributed by atoms with van der Waals surface area (Å²) < 4.78 is 30.1. The average Bonchev–Trinajstić information content (AvgIpc) is 2.47. The van der Waals surface area contributed by atoms with E-state index >= 15 is 0 Å². The quantitative estimate of drug-likeness (QED) is 0.760. The van der Waals surface area contributed by atoms with Gasteiger partial charge in [0.2, 0.25) is 0 Å². The van der Waals surface area contributed by atoms with Crippen LogP contribution in [-0.2, 0) is 14.6 Å². The van der Waals surface area contributed by atoms with Gasteiger partial charge < -0.3 is 4.74 Å². The Bertz CT molecular complexity index is 791. The summed E-state index contributed by atoms with van der Waals surface area (Å²) in [7, 11) is -4.20. The minimum Gasteiger partial charge on any atom is -0.448 e. The standard InChI is InChI=1S/C17H18O4S2/c1-17(2,3)21-16(18)23(19,20)15-12-8-7-11-14(15)22-13-9-5-4-6-10-13/h4-12H,1-3H3. The van der Waals surface area contributed by atoms with E-state index in [0.29, 0.717) is 4.90 Å². The number of carbonyl (C=O) groups excluding carboxylic acids is 1. The highest BCUT2D eigenvalue weighted by atomic mass is 32.2. The van der Waals surface area contributed by atoms with E-state index in [1.165, 1.54) is 17.8 Å². The van der Waals surface area contributed by atoms with Crippen LogP contribution >= 0.6 is 11.8 Å². The molecule has 0 saturated heterocycles. The zero-order chi connectivity index (χ0) is 17.1. The van der Waals surface area contributed by atoms with Crippen LogP contribution in [0, 0.1) is 0 Å². The summed E-state index contributed by atoms with van der Waals surface area (Å²) in [5, 5.41) is -1.23. The van der Waals surface area contributed by atoms with Crippen molar-refractivity contribution in [3.63, 3.8) is 0 Å². The Labute approximate surface area is 140 Å². The van der Waals surface area contributed by atoms with Crippen molar-refractivity contribution in [1.29, 1.82) is 0 Å². The second-order valence-electron chi connectivity index (χ2n) is 5.83. The van der Waals surface area contributed by atoms with Gasteiger partial charge in [-0.05, 0) is 45.0 Å². The number of hydrogen-bond donors (Lipinski definition) is 0. The summed E-state index contributed by atoms with van der Waals surface area (Å²) in [5.74, 6) is 0. The molecule has 0 radical (unpaired) electrons. The molecule has 4 nitrogen and oxygen atoms in total. The van der Waals surface area contributed by atoms with E-state index in [4.69, 9.17) is 4.74 Å². The first-order chi connectivity index (χ1) is 10.7. The molecular formula is C17H18O4S2. The summed E-state index contributed by atoms with van der Waals surface area (Å²) in [6.07, 6.45) is 0. The molecule has 23 heavy (non-hydrogen) atoms. The summed E-state index contributed by atoms with van der Waals surface area (Å²) >= 11 is 1.29. The van der Waals surface area contributed by atoms with E-state index in [1.54, 1.807) is 39.0 Å². The maximum Gasteiger partial charge on any atom is 0.430 e. The molecule has 0 amide bonds. The number of sulfone groups is 1. The Balaban J connectivity index is 2.38. The molecule has 0 spiro atoms. The number of ether oxygens (including phenoxy) is 1. The lowest BCUT2D eigenvalue weighted by Gasteiger charge is -2.19. The van der Waals surface area contributed by atoms with Crippen molar-refractivity contribution in [2.24, 2.45) is 0 Å². The van der Waals surface area contributed by atoms with Gasteiger partial charge in [-0.3, -0.25) is 0 Å². The van der Waals surface area contributed by atoms with Crippen LogP contribution in [-0.4, -0.2) is 19.3 Å². The molecule has 0 aromatic heterocycles. The van der Waals surface area contributed by atoms with E-state index in [9.17, 15) is 13.2 Å². The molecule has 122 valence electrons. The molecule has 0 atom stereocenters. The Morgan fingerprint density at radius 3 is 2.13 bits per heavy atom. The fourth-order valence-electron chi connectivity index (χ4n) is 1.77. The van der Waals surface area contributed by atoms with Crippen LogP contribution in [0.25, 0.3) is 0 Å². The predicted octanol–water partition coefficient (Wildman–Crippen LogP) is 4.55. The van der Waals surface area contributed by atoms with E-state index in [0.717, 1.165) is 4.90 Å². The van der Waals surface area contributed by atoms with Gasteiger partial charge in [-0.2, -0.15) is 0 Å². The van der Waals surface area contributed by atoms with E-state index < -0.39 is 20.7 Å². The topological polar surface area (TPSA) is 60.4 Å². The van der Waals surface area contributed by atoms with Crippen molar-refractivity contribution >= 4 is 26.9 Å². The van der Waals surface area contributed by atoms with Gasteiger partial charge in [0, 0.05) is 9.79 Å². The second kappa shape index (κ2) is 6.76. The van der Waals surface area contributed by atoms with Crippen LogP contribution in [0.15, 0.2) is 69.3 Å². The molecule has 0 N–H and O–H groups in total. The molecule has 0 aliphatic rings. The van der Waals surface area contributed by atoms with Crippen LogP contribution in [0.1, 0.15) is 20.8 Å². The second-order valence-corrected chi connectivity index (χ2v) is 8.73. The number of rotatable bonds is 3. The molecule has 6 heteroatoms. The van der Waals surface area contributed by atoms with Crippen molar-refractivity contribution in [3.05, 3.63) is 54.6 Å². The van der Waals surface area contributed by atoms with Gasteiger partial charge in [0.25, 0.3) is 9.84 Å². The normalized spacial score (nSPS) is 12.0. The molecule has 0 saturated carbocycles. The fourth-order valence-corrected chi connectivity index (χ4v) is 4.21. The summed E-state index contributed by atoms with van der Waals surface area (Å²) in [5.41, 5.74) is -0.869. The summed E-state index contributed by atoms with van der Waals surface area (Å²) in [4.78, 5) is 13.4. The first kappa shape index (κ1) is 17.6. The molecular weight excluding hydrogens is 332 g/mol. The van der Waals surface area contributed by atoms with Gasteiger partial charge >= 0.3 is 5.30 Å². The van der Waals surface area contributed by atoms with Crippen molar-refractivity contribution in [1.82, 2.24) is 0 Å². The highest BCUT2D eigenvalue weighted by molar-refractivity contribution is 8.06. The third-order valence-electron chi connectivity index (χ3n) is 2.72. The largest absolute Gasteiger partial charge is 0.448 e. The Morgan fingerprint density at radius 1 is 0.957 bits per heavy atom. The minimum atomic E-state index is -4.20. The highest BCUT2D eigenvalue weighted by Gasteiger charge is 2.32. The van der Waals surface area contributed by atoms with Gasteiger partial charge in [-0.1, -0.05) is 42.1 Å². The SMILES string of the molecule is CC(C)(C)OC(=O)S(=O)(=O)c1ccccc1Sc1ccccc1. The molecule has 0 heterocycles. The molecule has 0 aliphatic heterocycles. The van der Waals surface area contributed by atoms with Crippen LogP contribution in [0.2, 0.25) is 0 Å². The minimum absolute atomic E-state index is 0.0388. The highest BCUT2D eigenvalue weighted by Crippen LogP contribution is 2.33. The zero-order valence-corrected chi connectivity index (χ0v) is 14.8. The molecule has 0 aliphatic carbocycles. The van der Waals surface area contributed by atoms with Gasteiger partial charge in [0.05, 0.1) is 4.90 Å². The van der Waals surface area contributed by atoms with E-state index in [1.807, 2.05) is 30.3 Å². The lowest BCUT2D eigenvalue weighted by molar-refractivity contribution is 0.0718. The van der Waals surface area contributed by atoms with E-state index in [-0.39, 0.29) is 4.90 Å². The number of hydrogen-bond acceptors (Lipinski definition) is 5. The van der Waals surface area contributed by atoms with Gasteiger partial charge in [-0.25, -0.2) is 13.2 Å². The van der Waals surface area contributed by atoms with Crippen molar-refractivity contribution in [2.75, 3.05) is 0 Å². The molecule has 2 rings (SSSR count). The Hall–Kier alpha value is -1.79. The Kier molecular flexibility index (Phi) is 5.16. The van der Waals surface area contributed by atoms with Crippen molar-refractivity contribution in [3.8, 4) is 0 Å². The van der Waals surface area contributed by atoms with Gasteiger partial charge in [0.1, 0.15) is 5.60 Å². The third-order valence-corrected chi connectivity index (χ3v) is 5.39. The summed E-state index contributed by atoms with van der Waals surface area (Å²) in [6, 6.07) is 15.8. The maximum absolute atomic E-state index is 12.5. The van der Waals surface area contributed by atoms with Crippen LogP contribution < -0.4 is 0 Å². The molecule has 0 fully saturated rings. The predicted molar refractivity (Wildman–Crippen MR) is 90.4 cm³/mol. The van der Waals surface area contributed by atoms with Crippen LogP contribution in [0.4, 0.5) is 4.79 Å². The first-order valence-electron chi connectivity index (χ1n) is 7.00. The van der Waals surface area contributed by atoms with Crippen molar-refractivity contribution < 1.29 is 17.9 Å². The van der Waals surface area contributed by atoms with Crippen LogP contribution in [0.3, 0.4) is 0 Å². The molecule has 2 aromatic rings. The zero-order valence-electron chi connectivity index (χ0n) is 13.1. The lowest BCUT2D eigenvalue weighted by atomic mass is 10.2. The molecule has 0 unspecified atom stereocenters. The van der Waals surface area contributed by atoms with Crippen molar-refractivity contribution in [2.45, 2.75) is 41.1 Å². The Morgan fingerprint density at radius 2 is 1.52 bits per heavy atom. The summed E-state index contributed by atoms with van der Waals surface area (Å²) in [6.45, 7) is 4.89. The third kappa shape index (κ3) is 4.59.